The van der Waals surface area contributed by atoms with Gasteiger partial charge in [0, 0.05) is 12.2 Å². The number of halogens is 1. The van der Waals surface area contributed by atoms with E-state index in [-0.39, 0.29) is 12.8 Å². The number of aliphatic hydroxyl groups is 1. The number of hydrogen-bond acceptors (Lipinski definition) is 5. The molecular formula is C26H29FN2O4. The first kappa shape index (κ1) is 24.2. The quantitative estimate of drug-likeness (QED) is 0.337. The van der Waals surface area contributed by atoms with Gasteiger partial charge in [0.15, 0.2) is 0 Å². The molecule has 0 spiro atoms. The highest BCUT2D eigenvalue weighted by molar-refractivity contribution is 5.72. The smallest absolute Gasteiger partial charge is 0.308 e. The summed E-state index contributed by atoms with van der Waals surface area (Å²) in [6.07, 6.45) is -0.477. The SMILES string of the molecule is COc1ccc(C(Nc2ccc(CN)cc2)[C@@H](CC[C@H](O)c2ccc(F)cc2)C(=O)O)cc1. The number of benzene rings is 3. The Labute approximate surface area is 192 Å². The first-order chi connectivity index (χ1) is 15.9. The summed E-state index contributed by atoms with van der Waals surface area (Å²) in [6.45, 7) is 0.418. The Kier molecular flexibility index (Phi) is 8.40. The average molecular weight is 453 g/mol. The van der Waals surface area contributed by atoms with Gasteiger partial charge in [-0.1, -0.05) is 36.4 Å². The molecule has 33 heavy (non-hydrogen) atoms. The molecule has 0 aliphatic rings. The number of nitrogens with two attached hydrogens (primary N) is 1. The van der Waals surface area contributed by atoms with Crippen LogP contribution in [-0.2, 0) is 11.3 Å². The van der Waals surface area contributed by atoms with Gasteiger partial charge in [-0.15, -0.1) is 0 Å². The Balaban J connectivity index is 1.84. The van der Waals surface area contributed by atoms with Crippen LogP contribution in [-0.4, -0.2) is 23.3 Å². The minimum Gasteiger partial charge on any atom is -0.497 e. The summed E-state index contributed by atoms with van der Waals surface area (Å²) in [5, 5.41) is 24.0. The largest absolute Gasteiger partial charge is 0.497 e. The van der Waals surface area contributed by atoms with Crippen molar-refractivity contribution in [3.05, 3.63) is 95.3 Å². The van der Waals surface area contributed by atoms with Gasteiger partial charge in [0.2, 0.25) is 0 Å². The first-order valence-corrected chi connectivity index (χ1v) is 10.8. The van der Waals surface area contributed by atoms with Gasteiger partial charge >= 0.3 is 5.97 Å². The summed E-state index contributed by atoms with van der Waals surface area (Å²) in [5.41, 5.74) is 8.74. The zero-order valence-electron chi connectivity index (χ0n) is 18.4. The van der Waals surface area contributed by atoms with Crippen molar-refractivity contribution < 1.29 is 24.1 Å². The monoisotopic (exact) mass is 452 g/mol. The predicted octanol–water partition coefficient (Wildman–Crippen LogP) is 4.66. The lowest BCUT2D eigenvalue weighted by molar-refractivity contribution is -0.142. The van der Waals surface area contributed by atoms with Crippen molar-refractivity contribution in [2.75, 3.05) is 12.4 Å². The van der Waals surface area contributed by atoms with E-state index in [1.54, 1.807) is 19.2 Å². The number of anilines is 1. The fourth-order valence-electron chi connectivity index (χ4n) is 3.77. The van der Waals surface area contributed by atoms with Crippen LogP contribution in [0.4, 0.5) is 10.1 Å². The molecule has 6 nitrogen and oxygen atoms in total. The van der Waals surface area contributed by atoms with E-state index in [2.05, 4.69) is 5.32 Å². The van der Waals surface area contributed by atoms with Crippen molar-refractivity contribution in [3.8, 4) is 5.75 Å². The van der Waals surface area contributed by atoms with Crippen LogP contribution in [0.15, 0.2) is 72.8 Å². The third-order valence-electron chi connectivity index (χ3n) is 5.71. The second-order valence-electron chi connectivity index (χ2n) is 7.89. The maximum absolute atomic E-state index is 13.2. The molecule has 0 saturated heterocycles. The number of carbonyl (C=O) groups is 1. The Morgan fingerprint density at radius 3 is 2.12 bits per heavy atom. The van der Waals surface area contributed by atoms with Gasteiger partial charge in [-0.25, -0.2) is 4.39 Å². The predicted molar refractivity (Wildman–Crippen MR) is 125 cm³/mol. The molecule has 0 fully saturated rings. The second kappa shape index (κ2) is 11.4. The molecular weight excluding hydrogens is 423 g/mol. The molecule has 0 aliphatic heterocycles. The van der Waals surface area contributed by atoms with Crippen molar-refractivity contribution in [1.82, 2.24) is 0 Å². The van der Waals surface area contributed by atoms with Crippen molar-refractivity contribution >= 4 is 11.7 Å². The van der Waals surface area contributed by atoms with Crippen LogP contribution in [0.1, 0.15) is 41.7 Å². The summed E-state index contributed by atoms with van der Waals surface area (Å²) < 4.78 is 18.4. The zero-order chi connectivity index (χ0) is 23.8. The molecule has 0 amide bonds. The highest BCUT2D eigenvalue weighted by atomic mass is 19.1. The van der Waals surface area contributed by atoms with Gasteiger partial charge in [0.25, 0.3) is 0 Å². The number of carboxylic acids is 1. The van der Waals surface area contributed by atoms with Crippen LogP contribution in [0.3, 0.4) is 0 Å². The highest BCUT2D eigenvalue weighted by Gasteiger charge is 2.30. The fraction of sp³-hybridized carbons (Fsp3) is 0.269. The number of carboxylic acid groups (broad SMARTS) is 1. The number of aliphatic hydroxyl groups excluding tert-OH is 1. The van der Waals surface area contributed by atoms with E-state index < -0.39 is 29.9 Å². The van der Waals surface area contributed by atoms with Crippen LogP contribution in [0.5, 0.6) is 5.75 Å². The van der Waals surface area contributed by atoms with E-state index in [1.807, 2.05) is 36.4 Å². The van der Waals surface area contributed by atoms with E-state index in [0.717, 1.165) is 16.8 Å². The number of rotatable bonds is 11. The lowest BCUT2D eigenvalue weighted by Gasteiger charge is -2.27. The minimum absolute atomic E-state index is 0.207. The van der Waals surface area contributed by atoms with E-state index in [4.69, 9.17) is 10.5 Å². The summed E-state index contributed by atoms with van der Waals surface area (Å²) in [4.78, 5) is 12.3. The van der Waals surface area contributed by atoms with Crippen LogP contribution in [0, 0.1) is 11.7 Å². The molecule has 0 aromatic heterocycles. The Morgan fingerprint density at radius 1 is 0.970 bits per heavy atom. The molecule has 3 aromatic rings. The standard InChI is InChI=1S/C26H29FN2O4/c1-33-22-12-6-19(7-13-22)25(29-21-10-2-17(16-28)3-11-21)23(26(31)32)14-15-24(30)18-4-8-20(27)9-5-18/h2-13,23-25,29-30H,14-16,28H2,1H3,(H,31,32)/t23-,24+,25?/m1/s1. The zero-order valence-corrected chi connectivity index (χ0v) is 18.4. The number of methoxy groups -OCH3 is 1. The van der Waals surface area contributed by atoms with Crippen LogP contribution >= 0.6 is 0 Å². The van der Waals surface area contributed by atoms with Crippen molar-refractivity contribution in [2.45, 2.75) is 31.5 Å². The molecule has 0 radical (unpaired) electrons. The lowest BCUT2D eigenvalue weighted by atomic mass is 9.87. The molecule has 0 heterocycles. The van der Waals surface area contributed by atoms with Gasteiger partial charge in [-0.05, 0) is 65.9 Å². The molecule has 174 valence electrons. The third kappa shape index (κ3) is 6.54. The first-order valence-electron chi connectivity index (χ1n) is 10.8. The number of nitrogens with one attached hydrogen (secondary N) is 1. The van der Waals surface area contributed by atoms with Crippen LogP contribution in [0.25, 0.3) is 0 Å². The summed E-state index contributed by atoms with van der Waals surface area (Å²) in [7, 11) is 1.57. The summed E-state index contributed by atoms with van der Waals surface area (Å²) in [6, 6.07) is 19.8. The molecule has 3 aromatic carbocycles. The van der Waals surface area contributed by atoms with E-state index >= 15 is 0 Å². The Hall–Kier alpha value is -3.42. The van der Waals surface area contributed by atoms with Crippen LogP contribution < -0.4 is 15.8 Å². The molecule has 0 saturated carbocycles. The van der Waals surface area contributed by atoms with E-state index in [9.17, 15) is 19.4 Å². The van der Waals surface area contributed by atoms with Crippen LogP contribution in [0.2, 0.25) is 0 Å². The number of aliphatic carboxylic acids is 1. The fourth-order valence-corrected chi connectivity index (χ4v) is 3.77. The maximum Gasteiger partial charge on any atom is 0.308 e. The molecule has 3 atom stereocenters. The molecule has 0 aliphatic carbocycles. The Bertz CT molecular complexity index is 1020. The van der Waals surface area contributed by atoms with Gasteiger partial charge in [0.1, 0.15) is 11.6 Å². The summed E-state index contributed by atoms with van der Waals surface area (Å²) >= 11 is 0. The van der Waals surface area contributed by atoms with Crippen molar-refractivity contribution in [2.24, 2.45) is 11.7 Å². The lowest BCUT2D eigenvalue weighted by Crippen LogP contribution is -2.28. The normalized spacial score (nSPS) is 13.7. The molecule has 1 unspecified atom stereocenters. The van der Waals surface area contributed by atoms with E-state index in [0.29, 0.717) is 17.9 Å². The van der Waals surface area contributed by atoms with Crippen molar-refractivity contribution in [1.29, 1.82) is 0 Å². The Morgan fingerprint density at radius 2 is 1.58 bits per heavy atom. The average Bonchev–Trinajstić information content (AvgIpc) is 2.84. The van der Waals surface area contributed by atoms with Gasteiger partial charge in [0.05, 0.1) is 25.2 Å². The van der Waals surface area contributed by atoms with Gasteiger partial charge < -0.3 is 26.0 Å². The number of ether oxygens (including phenoxy) is 1. The van der Waals surface area contributed by atoms with Crippen molar-refractivity contribution in [3.63, 3.8) is 0 Å². The molecule has 0 bridgehead atoms. The summed E-state index contributed by atoms with van der Waals surface area (Å²) in [5.74, 6) is -1.53. The third-order valence-corrected chi connectivity index (χ3v) is 5.71. The minimum atomic E-state index is -0.979. The topological polar surface area (TPSA) is 105 Å². The maximum atomic E-state index is 13.2. The molecule has 3 rings (SSSR count). The van der Waals surface area contributed by atoms with E-state index in [1.165, 1.54) is 24.3 Å². The molecule has 5 N–H and O–H groups in total. The highest BCUT2D eigenvalue weighted by Crippen LogP contribution is 2.33. The number of hydrogen-bond donors (Lipinski definition) is 4. The second-order valence-corrected chi connectivity index (χ2v) is 7.89. The van der Waals surface area contributed by atoms with Gasteiger partial charge in [-0.3, -0.25) is 4.79 Å². The van der Waals surface area contributed by atoms with Gasteiger partial charge in [-0.2, -0.15) is 0 Å². The molecule has 7 heteroatoms.